The summed E-state index contributed by atoms with van der Waals surface area (Å²) in [5.74, 6) is 0.473. The Bertz CT molecular complexity index is 1050. The molecule has 0 fully saturated rings. The summed E-state index contributed by atoms with van der Waals surface area (Å²) in [6, 6.07) is 10.7. The van der Waals surface area contributed by atoms with Crippen LogP contribution in [0.5, 0.6) is 0 Å². The van der Waals surface area contributed by atoms with Crippen LogP contribution in [0.15, 0.2) is 53.6 Å². The number of aromatic nitrogens is 5. The van der Waals surface area contributed by atoms with Crippen molar-refractivity contribution in [3.8, 4) is 22.6 Å². The van der Waals surface area contributed by atoms with E-state index in [2.05, 4.69) is 25.1 Å². The van der Waals surface area contributed by atoms with E-state index in [1.54, 1.807) is 36.7 Å². The lowest BCUT2D eigenvalue weighted by Crippen LogP contribution is -2.12. The van der Waals surface area contributed by atoms with Crippen LogP contribution in [-0.2, 0) is 0 Å². The number of nitrogens with one attached hydrogen (secondary N) is 2. The van der Waals surface area contributed by atoms with Crippen LogP contribution in [0.25, 0.3) is 33.7 Å². The highest BCUT2D eigenvalue weighted by Crippen LogP contribution is 2.23. The first-order valence-corrected chi connectivity index (χ1v) is 7.24. The predicted molar refractivity (Wildman–Crippen MR) is 88.2 cm³/mol. The van der Waals surface area contributed by atoms with Gasteiger partial charge in [-0.1, -0.05) is 11.6 Å². The van der Waals surface area contributed by atoms with E-state index in [4.69, 9.17) is 11.6 Å². The number of fused-ring (bicyclic) bond motifs is 1. The number of halogens is 1. The monoisotopic (exact) mass is 323 g/mol. The third-order valence-electron chi connectivity index (χ3n) is 3.48. The maximum atomic E-state index is 12.1. The molecule has 0 radical (unpaired) electrons. The summed E-state index contributed by atoms with van der Waals surface area (Å²) in [6.45, 7) is 0. The van der Waals surface area contributed by atoms with Gasteiger partial charge in [0.1, 0.15) is 5.82 Å². The quantitative estimate of drug-likeness (QED) is 0.593. The van der Waals surface area contributed by atoms with Gasteiger partial charge in [0.15, 0.2) is 0 Å². The van der Waals surface area contributed by atoms with Crippen LogP contribution in [0.3, 0.4) is 0 Å². The molecular weight excluding hydrogens is 314 g/mol. The van der Waals surface area contributed by atoms with Gasteiger partial charge in [-0.05, 0) is 36.4 Å². The topological polar surface area (TPSA) is 87.3 Å². The Hall–Kier alpha value is -2.99. The fraction of sp³-hybridized carbons (Fsp3) is 0. The highest BCUT2D eigenvalue weighted by atomic mass is 35.5. The Balaban J connectivity index is 1.88. The van der Waals surface area contributed by atoms with Crippen molar-refractivity contribution in [1.29, 1.82) is 0 Å². The Kier molecular flexibility index (Phi) is 3.17. The molecule has 3 aromatic heterocycles. The number of H-pyrrole nitrogens is 2. The Morgan fingerprint density at radius 2 is 1.87 bits per heavy atom. The molecule has 0 amide bonds. The van der Waals surface area contributed by atoms with Crippen LogP contribution in [0, 0.1) is 0 Å². The molecule has 6 nitrogen and oxygen atoms in total. The number of rotatable bonds is 2. The van der Waals surface area contributed by atoms with Crippen molar-refractivity contribution >= 4 is 22.6 Å². The molecule has 0 saturated carbocycles. The average Bonchev–Trinajstić information content (AvgIpc) is 2.99. The lowest BCUT2D eigenvalue weighted by Gasteiger charge is -2.01. The van der Waals surface area contributed by atoms with Crippen molar-refractivity contribution in [2.75, 3.05) is 0 Å². The van der Waals surface area contributed by atoms with Gasteiger partial charge in [-0.2, -0.15) is 5.10 Å². The number of hydrogen-bond donors (Lipinski definition) is 2. The molecule has 1 aromatic carbocycles. The highest BCUT2D eigenvalue weighted by molar-refractivity contribution is 6.31. The summed E-state index contributed by atoms with van der Waals surface area (Å²) in [4.78, 5) is 23.7. The lowest BCUT2D eigenvalue weighted by molar-refractivity contribution is 0.993. The number of hydrogen-bond acceptors (Lipinski definition) is 4. The number of pyridine rings is 1. The van der Waals surface area contributed by atoms with E-state index in [1.165, 1.54) is 0 Å². The summed E-state index contributed by atoms with van der Waals surface area (Å²) < 4.78 is 0. The predicted octanol–water partition coefficient (Wildman–Crippen LogP) is 3.03. The van der Waals surface area contributed by atoms with Gasteiger partial charge in [0.05, 0.1) is 22.3 Å². The van der Waals surface area contributed by atoms with Gasteiger partial charge in [0.2, 0.25) is 0 Å². The zero-order valence-corrected chi connectivity index (χ0v) is 12.5. The fourth-order valence-electron chi connectivity index (χ4n) is 2.36. The number of benzene rings is 1. The second kappa shape index (κ2) is 5.33. The van der Waals surface area contributed by atoms with E-state index in [1.807, 2.05) is 12.1 Å². The van der Waals surface area contributed by atoms with E-state index < -0.39 is 0 Å². The Labute approximate surface area is 135 Å². The summed E-state index contributed by atoms with van der Waals surface area (Å²) in [7, 11) is 0. The third kappa shape index (κ3) is 2.49. The van der Waals surface area contributed by atoms with Crippen LogP contribution in [0.1, 0.15) is 0 Å². The SMILES string of the molecule is O=c1[nH]nc(-c2ccncc2)cc1-c1nc2ccc(Cl)cc2[nH]1. The number of imidazole rings is 1. The second-order valence-electron chi connectivity index (χ2n) is 4.98. The van der Waals surface area contributed by atoms with E-state index >= 15 is 0 Å². The zero-order valence-electron chi connectivity index (χ0n) is 11.7. The fourth-order valence-corrected chi connectivity index (χ4v) is 2.53. The van der Waals surface area contributed by atoms with Gasteiger partial charge in [-0.15, -0.1) is 0 Å². The molecule has 0 spiro atoms. The van der Waals surface area contributed by atoms with Crippen LogP contribution < -0.4 is 5.56 Å². The standard InChI is InChI=1S/C16H10ClN5O/c17-10-1-2-12-14(7-10)20-15(19-12)11-8-13(21-22-16(11)23)9-3-5-18-6-4-9/h1-8H,(H,19,20)(H,22,23). The summed E-state index contributed by atoms with van der Waals surface area (Å²) in [6.07, 6.45) is 3.34. The number of aromatic amines is 2. The first kappa shape index (κ1) is 13.7. The maximum absolute atomic E-state index is 12.1. The Morgan fingerprint density at radius 3 is 2.70 bits per heavy atom. The zero-order chi connectivity index (χ0) is 15.8. The van der Waals surface area contributed by atoms with Gasteiger partial charge in [-0.25, -0.2) is 10.1 Å². The molecule has 0 unspecified atom stereocenters. The van der Waals surface area contributed by atoms with Gasteiger partial charge in [0.25, 0.3) is 5.56 Å². The minimum absolute atomic E-state index is 0.312. The normalized spacial score (nSPS) is 11.0. The van der Waals surface area contributed by atoms with Crippen LogP contribution in [-0.4, -0.2) is 25.1 Å². The summed E-state index contributed by atoms with van der Waals surface area (Å²) >= 11 is 5.98. The van der Waals surface area contributed by atoms with Crippen molar-refractivity contribution in [3.63, 3.8) is 0 Å². The van der Waals surface area contributed by atoms with Gasteiger partial charge in [0, 0.05) is 23.0 Å². The van der Waals surface area contributed by atoms with Crippen LogP contribution >= 0.6 is 11.6 Å². The van der Waals surface area contributed by atoms with Gasteiger partial charge in [-0.3, -0.25) is 9.78 Å². The summed E-state index contributed by atoms with van der Waals surface area (Å²) in [5.41, 5.74) is 3.12. The van der Waals surface area contributed by atoms with Crippen molar-refractivity contribution in [2.24, 2.45) is 0 Å². The number of nitrogens with zero attached hydrogens (tertiary/aromatic N) is 3. The largest absolute Gasteiger partial charge is 0.338 e. The van der Waals surface area contributed by atoms with E-state index in [0.29, 0.717) is 22.1 Å². The second-order valence-corrected chi connectivity index (χ2v) is 5.42. The molecule has 2 N–H and O–H groups in total. The van der Waals surface area contributed by atoms with Crippen molar-refractivity contribution in [2.45, 2.75) is 0 Å². The molecule has 3 heterocycles. The smallest absolute Gasteiger partial charge is 0.275 e. The molecule has 112 valence electrons. The van der Waals surface area contributed by atoms with Crippen molar-refractivity contribution < 1.29 is 0 Å². The molecule has 4 rings (SSSR count). The first-order chi connectivity index (χ1) is 11.2. The van der Waals surface area contributed by atoms with E-state index in [0.717, 1.165) is 16.6 Å². The van der Waals surface area contributed by atoms with Crippen molar-refractivity contribution in [3.05, 3.63) is 64.2 Å². The molecule has 0 aliphatic heterocycles. The van der Waals surface area contributed by atoms with E-state index in [9.17, 15) is 4.79 Å². The third-order valence-corrected chi connectivity index (χ3v) is 3.71. The minimum atomic E-state index is -0.312. The lowest BCUT2D eigenvalue weighted by atomic mass is 10.1. The van der Waals surface area contributed by atoms with Crippen LogP contribution in [0.2, 0.25) is 5.02 Å². The molecular formula is C16H10ClN5O. The van der Waals surface area contributed by atoms with Crippen LogP contribution in [0.4, 0.5) is 0 Å². The Morgan fingerprint density at radius 1 is 1.04 bits per heavy atom. The van der Waals surface area contributed by atoms with Gasteiger partial charge < -0.3 is 4.98 Å². The first-order valence-electron chi connectivity index (χ1n) is 6.86. The van der Waals surface area contributed by atoms with Crippen molar-refractivity contribution in [1.82, 2.24) is 25.1 Å². The molecule has 0 aliphatic carbocycles. The molecule has 0 saturated heterocycles. The minimum Gasteiger partial charge on any atom is -0.338 e. The molecule has 0 bridgehead atoms. The molecule has 7 heteroatoms. The van der Waals surface area contributed by atoms with E-state index in [-0.39, 0.29) is 5.56 Å². The molecule has 0 atom stereocenters. The maximum Gasteiger partial charge on any atom is 0.275 e. The van der Waals surface area contributed by atoms with Gasteiger partial charge >= 0.3 is 0 Å². The molecule has 0 aliphatic rings. The highest BCUT2D eigenvalue weighted by Gasteiger charge is 2.12. The summed E-state index contributed by atoms with van der Waals surface area (Å²) in [5, 5.41) is 7.19. The molecule has 4 aromatic rings. The molecule has 23 heavy (non-hydrogen) atoms. The average molecular weight is 324 g/mol.